The molecule has 42 heavy (non-hydrogen) atoms. The van der Waals surface area contributed by atoms with Gasteiger partial charge < -0.3 is 34.8 Å². The highest BCUT2D eigenvalue weighted by Gasteiger charge is 2.53. The van der Waals surface area contributed by atoms with E-state index in [1.807, 2.05) is 6.07 Å². The molecule has 0 spiro atoms. The summed E-state index contributed by atoms with van der Waals surface area (Å²) in [7, 11) is -3.20. The topological polar surface area (TPSA) is 153 Å². The Morgan fingerprint density at radius 3 is 2.67 bits per heavy atom. The zero-order valence-corrected chi connectivity index (χ0v) is 25.5. The van der Waals surface area contributed by atoms with Gasteiger partial charge in [0.2, 0.25) is 0 Å². The summed E-state index contributed by atoms with van der Waals surface area (Å²) in [6, 6.07) is 1.39. The molecule has 11 nitrogen and oxygen atoms in total. The van der Waals surface area contributed by atoms with Crippen molar-refractivity contribution < 1.29 is 33.0 Å². The minimum absolute atomic E-state index is 0.121. The molecule has 3 atom stereocenters. The molecule has 226 valence electrons. The molecule has 0 saturated heterocycles. The average molecular weight is 599 g/mol. The first kappa shape index (κ1) is 29.3. The maximum Gasteiger partial charge on any atom is 0.342 e. The number of nitrogens with two attached hydrogens (primary N) is 1. The second-order valence-corrected chi connectivity index (χ2v) is 13.6. The lowest BCUT2D eigenvalue weighted by atomic mass is 9.78. The van der Waals surface area contributed by atoms with Crippen LogP contribution in [0, 0.1) is 6.92 Å². The Balaban J connectivity index is 1.40. The van der Waals surface area contributed by atoms with E-state index in [4.69, 9.17) is 24.5 Å². The Morgan fingerprint density at radius 1 is 1.24 bits per heavy atom. The maximum atomic E-state index is 13.7. The Kier molecular flexibility index (Phi) is 7.47. The third-order valence-electron chi connectivity index (χ3n) is 9.27. The number of nitrogens with one attached hydrogen (secondary N) is 1. The number of amides is 1. The van der Waals surface area contributed by atoms with E-state index in [1.54, 1.807) is 25.7 Å². The SMILES string of the molecule is CCOP(=O)(CCNc1cc2nc3c(c4c2c(c1C)CC[C@@H]4N)CN1C(=O)C2=C(CC31)[C@@](O)(CC)C(=O)OC2)OCC. The molecule has 0 bridgehead atoms. The molecule has 4 heterocycles. The lowest BCUT2D eigenvalue weighted by Crippen LogP contribution is -2.51. The van der Waals surface area contributed by atoms with Crippen LogP contribution in [0.3, 0.4) is 0 Å². The number of rotatable bonds is 9. The van der Waals surface area contributed by atoms with Crippen LogP contribution in [0.2, 0.25) is 0 Å². The third-order valence-corrected chi connectivity index (χ3v) is 11.3. The number of esters is 1. The molecule has 2 aromatic rings. The number of aryl methyl sites for hydroxylation is 1. The minimum atomic E-state index is -3.20. The predicted octanol–water partition coefficient (Wildman–Crippen LogP) is 3.95. The second kappa shape index (κ2) is 10.7. The van der Waals surface area contributed by atoms with Crippen LogP contribution in [0.4, 0.5) is 5.69 Å². The summed E-state index contributed by atoms with van der Waals surface area (Å²) in [6.45, 7) is 8.64. The van der Waals surface area contributed by atoms with Crippen molar-refractivity contribution in [2.24, 2.45) is 5.73 Å². The molecule has 0 saturated carbocycles. The Morgan fingerprint density at radius 2 is 1.98 bits per heavy atom. The van der Waals surface area contributed by atoms with Gasteiger partial charge in [-0.05, 0) is 74.8 Å². The molecule has 3 aliphatic heterocycles. The standard InChI is InChI=1S/C30H39N4O7P/c1-5-30(37)20-12-24-27-18(14-34(24)28(35)19(20)15-39-29(30)36)25-21(31)9-8-17-16(4)22(13-23(33-27)26(17)25)32-10-11-42(38,40-6-2)41-7-3/h13,21,24,32,37H,5-12,14-15,31H2,1-4H3/t21-,24?,30-/m0/s1. The summed E-state index contributed by atoms with van der Waals surface area (Å²) in [6.07, 6.45) is 2.23. The van der Waals surface area contributed by atoms with Gasteiger partial charge in [0.15, 0.2) is 5.60 Å². The van der Waals surface area contributed by atoms with Crippen LogP contribution in [0.1, 0.15) is 80.1 Å². The molecule has 1 aliphatic carbocycles. The van der Waals surface area contributed by atoms with Crippen molar-refractivity contribution in [3.05, 3.63) is 45.2 Å². The van der Waals surface area contributed by atoms with Gasteiger partial charge in [-0.15, -0.1) is 0 Å². The third kappa shape index (κ3) is 4.40. The monoisotopic (exact) mass is 598 g/mol. The van der Waals surface area contributed by atoms with Crippen LogP contribution in [0.25, 0.3) is 10.9 Å². The summed E-state index contributed by atoms with van der Waals surface area (Å²) in [4.78, 5) is 33.3. The lowest BCUT2D eigenvalue weighted by molar-refractivity contribution is -0.165. The van der Waals surface area contributed by atoms with Crippen LogP contribution >= 0.6 is 7.60 Å². The van der Waals surface area contributed by atoms with Crippen molar-refractivity contribution in [1.29, 1.82) is 0 Å². The molecular formula is C30H39N4O7P. The number of nitrogens with zero attached hydrogens (tertiary/aromatic N) is 2. The molecule has 0 radical (unpaired) electrons. The van der Waals surface area contributed by atoms with E-state index in [-0.39, 0.29) is 31.1 Å². The van der Waals surface area contributed by atoms with Gasteiger partial charge in [-0.1, -0.05) is 6.92 Å². The average Bonchev–Trinajstić information content (AvgIpc) is 3.33. The number of aromatic nitrogens is 1. The lowest BCUT2D eigenvalue weighted by Gasteiger charge is -2.41. The first-order valence-corrected chi connectivity index (χ1v) is 16.6. The number of carbonyl (C=O) groups is 2. The van der Waals surface area contributed by atoms with E-state index < -0.39 is 25.2 Å². The number of ether oxygens (including phenoxy) is 1. The Labute approximate surface area is 245 Å². The van der Waals surface area contributed by atoms with E-state index in [9.17, 15) is 19.3 Å². The predicted molar refractivity (Wildman–Crippen MR) is 157 cm³/mol. The molecule has 4 aliphatic rings. The van der Waals surface area contributed by atoms with Gasteiger partial charge >= 0.3 is 13.6 Å². The number of hydrogen-bond acceptors (Lipinski definition) is 10. The van der Waals surface area contributed by atoms with Crippen molar-refractivity contribution in [3.63, 3.8) is 0 Å². The number of fused-ring (bicyclic) bond motifs is 4. The molecule has 1 amide bonds. The Hall–Kier alpha value is -2.82. The highest BCUT2D eigenvalue weighted by Crippen LogP contribution is 2.51. The largest absolute Gasteiger partial charge is 0.458 e. The summed E-state index contributed by atoms with van der Waals surface area (Å²) in [5, 5.41) is 15.8. The molecule has 6 rings (SSSR count). The van der Waals surface area contributed by atoms with Gasteiger partial charge in [-0.3, -0.25) is 14.3 Å². The van der Waals surface area contributed by atoms with Gasteiger partial charge in [0.25, 0.3) is 5.91 Å². The smallest absolute Gasteiger partial charge is 0.342 e. The number of pyridine rings is 1. The molecule has 1 aromatic heterocycles. The fourth-order valence-electron chi connectivity index (χ4n) is 7.15. The van der Waals surface area contributed by atoms with Crippen molar-refractivity contribution in [1.82, 2.24) is 9.88 Å². The van der Waals surface area contributed by atoms with E-state index in [0.29, 0.717) is 43.9 Å². The van der Waals surface area contributed by atoms with Gasteiger partial charge in [-0.2, -0.15) is 0 Å². The summed E-state index contributed by atoms with van der Waals surface area (Å²) < 4.78 is 29.1. The van der Waals surface area contributed by atoms with Crippen LogP contribution in [0.15, 0.2) is 17.2 Å². The highest BCUT2D eigenvalue weighted by molar-refractivity contribution is 7.53. The summed E-state index contributed by atoms with van der Waals surface area (Å²) in [5.41, 5.74) is 12.4. The van der Waals surface area contributed by atoms with Crippen molar-refractivity contribution in [2.75, 3.05) is 37.8 Å². The molecule has 1 aromatic carbocycles. The van der Waals surface area contributed by atoms with Gasteiger partial charge in [0.05, 0.1) is 42.2 Å². The zero-order valence-electron chi connectivity index (χ0n) is 24.6. The normalized spacial score (nSPS) is 25.0. The fraction of sp³-hybridized carbons (Fsp3) is 0.567. The van der Waals surface area contributed by atoms with E-state index >= 15 is 0 Å². The van der Waals surface area contributed by atoms with E-state index in [2.05, 4.69) is 12.2 Å². The number of hydrogen-bond donors (Lipinski definition) is 3. The summed E-state index contributed by atoms with van der Waals surface area (Å²) in [5.74, 6) is -0.938. The first-order chi connectivity index (χ1) is 20.1. The minimum Gasteiger partial charge on any atom is -0.458 e. The Bertz CT molecular complexity index is 1560. The van der Waals surface area contributed by atoms with E-state index in [1.165, 1.54) is 5.56 Å². The summed E-state index contributed by atoms with van der Waals surface area (Å²) >= 11 is 0. The number of cyclic esters (lactones) is 1. The van der Waals surface area contributed by atoms with Crippen LogP contribution < -0.4 is 11.1 Å². The van der Waals surface area contributed by atoms with Crippen molar-refractivity contribution in [3.8, 4) is 0 Å². The number of aliphatic hydroxyl groups is 1. The molecule has 1 unspecified atom stereocenters. The van der Waals surface area contributed by atoms with Crippen LogP contribution in [0.5, 0.6) is 0 Å². The molecule has 0 fully saturated rings. The van der Waals surface area contributed by atoms with Crippen molar-refractivity contribution in [2.45, 2.75) is 77.6 Å². The fourth-order valence-corrected chi connectivity index (χ4v) is 8.65. The van der Waals surface area contributed by atoms with E-state index in [0.717, 1.165) is 51.8 Å². The van der Waals surface area contributed by atoms with Gasteiger partial charge in [0.1, 0.15) is 6.61 Å². The van der Waals surface area contributed by atoms with Gasteiger partial charge in [0, 0.05) is 35.8 Å². The number of benzene rings is 1. The highest BCUT2D eigenvalue weighted by atomic mass is 31.2. The van der Waals surface area contributed by atoms with Gasteiger partial charge in [-0.25, -0.2) is 4.79 Å². The molecule has 12 heteroatoms. The second-order valence-electron chi connectivity index (χ2n) is 11.5. The number of anilines is 1. The van der Waals surface area contributed by atoms with Crippen LogP contribution in [-0.2, 0) is 40.9 Å². The zero-order chi connectivity index (χ0) is 30.0. The quantitative estimate of drug-likeness (QED) is 0.286. The number of carbonyl (C=O) groups excluding carboxylic acids is 2. The van der Waals surface area contributed by atoms with Crippen LogP contribution in [-0.4, -0.2) is 65.0 Å². The van der Waals surface area contributed by atoms with Crippen molar-refractivity contribution >= 4 is 36.1 Å². The molecule has 4 N–H and O–H groups in total. The maximum absolute atomic E-state index is 13.7. The first-order valence-electron chi connectivity index (χ1n) is 14.9. The molecular weight excluding hydrogens is 559 g/mol.